The minimum atomic E-state index is -0.745. The van der Waals surface area contributed by atoms with Crippen molar-refractivity contribution in [2.45, 2.75) is 19.4 Å². The van der Waals surface area contributed by atoms with Gasteiger partial charge in [-0.3, -0.25) is 4.79 Å². The number of hydrogen-bond acceptors (Lipinski definition) is 3. The first-order chi connectivity index (χ1) is 8.74. The van der Waals surface area contributed by atoms with E-state index >= 15 is 0 Å². The molecule has 3 rings (SSSR count). The topological polar surface area (TPSA) is 68.0 Å². The second-order valence-corrected chi connectivity index (χ2v) is 4.47. The molecule has 1 N–H and O–H groups in total. The van der Waals surface area contributed by atoms with Crippen LogP contribution in [0.25, 0.3) is 11.4 Å². The summed E-state index contributed by atoms with van der Waals surface area (Å²) in [7, 11) is 0. The van der Waals surface area contributed by atoms with Crippen LogP contribution in [0.15, 0.2) is 30.3 Å². The highest BCUT2D eigenvalue weighted by molar-refractivity contribution is 5.70. The average molecular weight is 243 g/mol. The molecule has 1 unspecified atom stereocenters. The molecule has 1 aromatic carbocycles. The van der Waals surface area contributed by atoms with E-state index in [0.29, 0.717) is 25.2 Å². The second kappa shape index (κ2) is 4.25. The fraction of sp³-hybridized carbons (Fsp3) is 0.308. The zero-order valence-corrected chi connectivity index (χ0v) is 9.78. The Bertz CT molecular complexity index is 577. The Morgan fingerprint density at radius 2 is 2.11 bits per heavy atom. The number of carboxylic acids is 1. The van der Waals surface area contributed by atoms with Crippen LogP contribution in [0.5, 0.6) is 0 Å². The Morgan fingerprint density at radius 3 is 2.83 bits per heavy atom. The Kier molecular flexibility index (Phi) is 2.59. The SMILES string of the molecule is O=C(O)C1CCn2nc(-c3ccccc3)nc2C1. The first kappa shape index (κ1) is 11.0. The summed E-state index contributed by atoms with van der Waals surface area (Å²) in [5.74, 6) is 0.375. The summed E-state index contributed by atoms with van der Waals surface area (Å²) in [6, 6.07) is 9.73. The van der Waals surface area contributed by atoms with Gasteiger partial charge in [0.15, 0.2) is 5.82 Å². The van der Waals surface area contributed by atoms with Crippen molar-refractivity contribution >= 4 is 5.97 Å². The first-order valence-corrected chi connectivity index (χ1v) is 5.96. The summed E-state index contributed by atoms with van der Waals surface area (Å²) in [6.07, 6.45) is 1.09. The van der Waals surface area contributed by atoms with Crippen LogP contribution in [0, 0.1) is 5.92 Å². The summed E-state index contributed by atoms with van der Waals surface area (Å²) in [6.45, 7) is 0.631. The van der Waals surface area contributed by atoms with Gasteiger partial charge in [0.1, 0.15) is 5.82 Å². The molecule has 0 bridgehead atoms. The number of aromatic nitrogens is 3. The summed E-state index contributed by atoms with van der Waals surface area (Å²) in [5.41, 5.74) is 0.964. The van der Waals surface area contributed by atoms with Gasteiger partial charge < -0.3 is 5.11 Å². The molecule has 0 aliphatic carbocycles. The smallest absolute Gasteiger partial charge is 0.307 e. The molecule has 1 atom stereocenters. The number of aryl methyl sites for hydroxylation is 1. The van der Waals surface area contributed by atoms with Gasteiger partial charge >= 0.3 is 5.97 Å². The van der Waals surface area contributed by atoms with E-state index in [0.717, 1.165) is 11.4 Å². The van der Waals surface area contributed by atoms with E-state index < -0.39 is 5.97 Å². The van der Waals surface area contributed by atoms with E-state index in [4.69, 9.17) is 5.11 Å². The lowest BCUT2D eigenvalue weighted by molar-refractivity contribution is -0.142. The molecule has 5 heteroatoms. The van der Waals surface area contributed by atoms with Gasteiger partial charge in [-0.15, -0.1) is 0 Å². The van der Waals surface area contributed by atoms with Crippen LogP contribution in [0.1, 0.15) is 12.2 Å². The predicted molar refractivity (Wildman–Crippen MR) is 64.9 cm³/mol. The first-order valence-electron chi connectivity index (χ1n) is 5.96. The van der Waals surface area contributed by atoms with E-state index in [1.807, 2.05) is 35.0 Å². The van der Waals surface area contributed by atoms with Crippen molar-refractivity contribution in [3.8, 4) is 11.4 Å². The molecule has 0 radical (unpaired) electrons. The number of aliphatic carboxylic acids is 1. The molecule has 0 fully saturated rings. The van der Waals surface area contributed by atoms with Gasteiger partial charge in [0.2, 0.25) is 0 Å². The van der Waals surface area contributed by atoms with Crippen LogP contribution < -0.4 is 0 Å². The lowest BCUT2D eigenvalue weighted by atomic mass is 9.98. The Balaban J connectivity index is 1.92. The largest absolute Gasteiger partial charge is 0.481 e. The highest BCUT2D eigenvalue weighted by atomic mass is 16.4. The number of nitrogens with zero attached hydrogens (tertiary/aromatic N) is 3. The number of fused-ring (bicyclic) bond motifs is 1. The Labute approximate surface area is 104 Å². The molecule has 1 aliphatic heterocycles. The molecule has 0 amide bonds. The Hall–Kier alpha value is -2.17. The maximum Gasteiger partial charge on any atom is 0.307 e. The van der Waals surface area contributed by atoms with Gasteiger partial charge in [-0.1, -0.05) is 30.3 Å². The molecule has 2 heterocycles. The van der Waals surface area contributed by atoms with Crippen LogP contribution in [0.3, 0.4) is 0 Å². The van der Waals surface area contributed by atoms with Crippen molar-refractivity contribution in [1.29, 1.82) is 0 Å². The van der Waals surface area contributed by atoms with E-state index in [9.17, 15) is 4.79 Å². The second-order valence-electron chi connectivity index (χ2n) is 4.47. The minimum absolute atomic E-state index is 0.328. The molecule has 1 aromatic heterocycles. The molecule has 2 aromatic rings. The summed E-state index contributed by atoms with van der Waals surface area (Å²) >= 11 is 0. The van der Waals surface area contributed by atoms with Gasteiger partial charge in [0, 0.05) is 18.5 Å². The van der Waals surface area contributed by atoms with Crippen LogP contribution in [-0.4, -0.2) is 25.8 Å². The third-order valence-corrected chi connectivity index (χ3v) is 3.25. The summed E-state index contributed by atoms with van der Waals surface area (Å²) in [4.78, 5) is 15.4. The van der Waals surface area contributed by atoms with Crippen LogP contribution in [-0.2, 0) is 17.8 Å². The summed E-state index contributed by atoms with van der Waals surface area (Å²) < 4.78 is 1.82. The van der Waals surface area contributed by atoms with Gasteiger partial charge in [-0.05, 0) is 6.42 Å². The highest BCUT2D eigenvalue weighted by Gasteiger charge is 2.26. The van der Waals surface area contributed by atoms with E-state index in [1.54, 1.807) is 0 Å². The third kappa shape index (κ3) is 1.88. The number of carbonyl (C=O) groups is 1. The lowest BCUT2D eigenvalue weighted by Crippen LogP contribution is -2.26. The molecule has 0 spiro atoms. The van der Waals surface area contributed by atoms with E-state index in [-0.39, 0.29) is 5.92 Å². The maximum atomic E-state index is 11.0. The van der Waals surface area contributed by atoms with Gasteiger partial charge in [-0.25, -0.2) is 9.67 Å². The van der Waals surface area contributed by atoms with Crippen LogP contribution in [0.4, 0.5) is 0 Å². The number of hydrogen-bond donors (Lipinski definition) is 1. The van der Waals surface area contributed by atoms with Crippen molar-refractivity contribution in [2.24, 2.45) is 5.92 Å². The molecule has 1 aliphatic rings. The monoisotopic (exact) mass is 243 g/mol. The Morgan fingerprint density at radius 1 is 1.33 bits per heavy atom. The van der Waals surface area contributed by atoms with Crippen molar-refractivity contribution in [3.63, 3.8) is 0 Å². The minimum Gasteiger partial charge on any atom is -0.481 e. The van der Waals surface area contributed by atoms with Crippen LogP contribution >= 0.6 is 0 Å². The molecular weight excluding hydrogens is 230 g/mol. The van der Waals surface area contributed by atoms with Gasteiger partial charge in [-0.2, -0.15) is 5.10 Å². The van der Waals surface area contributed by atoms with E-state index in [1.165, 1.54) is 0 Å². The normalized spacial score (nSPS) is 18.3. The van der Waals surface area contributed by atoms with Crippen molar-refractivity contribution in [2.75, 3.05) is 0 Å². The van der Waals surface area contributed by atoms with E-state index in [2.05, 4.69) is 10.1 Å². The zero-order chi connectivity index (χ0) is 12.5. The number of benzene rings is 1. The standard InChI is InChI=1S/C13H13N3O2/c17-13(18)10-6-7-16-11(8-10)14-12(15-16)9-4-2-1-3-5-9/h1-5,10H,6-8H2,(H,17,18). The molecular formula is C13H13N3O2. The van der Waals surface area contributed by atoms with Crippen molar-refractivity contribution in [3.05, 3.63) is 36.2 Å². The molecule has 18 heavy (non-hydrogen) atoms. The predicted octanol–water partition coefficient (Wildman–Crippen LogP) is 1.59. The molecule has 0 saturated heterocycles. The number of carboxylic acid groups (broad SMARTS) is 1. The zero-order valence-electron chi connectivity index (χ0n) is 9.78. The van der Waals surface area contributed by atoms with Crippen molar-refractivity contribution in [1.82, 2.24) is 14.8 Å². The molecule has 5 nitrogen and oxygen atoms in total. The lowest BCUT2D eigenvalue weighted by Gasteiger charge is -2.17. The maximum absolute atomic E-state index is 11.0. The number of rotatable bonds is 2. The third-order valence-electron chi connectivity index (χ3n) is 3.25. The van der Waals surface area contributed by atoms with Gasteiger partial charge in [0.05, 0.1) is 5.92 Å². The highest BCUT2D eigenvalue weighted by Crippen LogP contribution is 2.22. The van der Waals surface area contributed by atoms with Crippen molar-refractivity contribution < 1.29 is 9.90 Å². The van der Waals surface area contributed by atoms with Gasteiger partial charge in [0.25, 0.3) is 0 Å². The summed E-state index contributed by atoms with van der Waals surface area (Å²) in [5, 5.41) is 13.5. The fourth-order valence-corrected chi connectivity index (χ4v) is 2.23. The fourth-order valence-electron chi connectivity index (χ4n) is 2.23. The average Bonchev–Trinajstić information content (AvgIpc) is 2.82. The molecule has 0 saturated carbocycles. The molecule has 92 valence electrons. The quantitative estimate of drug-likeness (QED) is 0.869. The van der Waals surface area contributed by atoms with Crippen LogP contribution in [0.2, 0.25) is 0 Å².